The maximum Gasteiger partial charge on any atom is 0.270 e. The van der Waals surface area contributed by atoms with Gasteiger partial charge in [-0.15, -0.1) is 23.7 Å². The highest BCUT2D eigenvalue weighted by Crippen LogP contribution is 2.13. The van der Waals surface area contributed by atoms with Gasteiger partial charge >= 0.3 is 0 Å². The number of nitrogens with one attached hydrogen (secondary N) is 1. The van der Waals surface area contributed by atoms with E-state index in [1.807, 2.05) is 6.92 Å². The summed E-state index contributed by atoms with van der Waals surface area (Å²) in [6, 6.07) is 5.73. The summed E-state index contributed by atoms with van der Waals surface area (Å²) in [7, 11) is 0. The van der Waals surface area contributed by atoms with E-state index in [4.69, 9.17) is 10.5 Å². The van der Waals surface area contributed by atoms with E-state index in [-0.39, 0.29) is 30.2 Å². The monoisotopic (exact) mass is 345 g/mol. The van der Waals surface area contributed by atoms with Crippen LogP contribution in [0.3, 0.4) is 0 Å². The van der Waals surface area contributed by atoms with Crippen molar-refractivity contribution in [2.45, 2.75) is 19.6 Å². The lowest BCUT2D eigenvalue weighted by molar-refractivity contribution is 0.0927. The first kappa shape index (κ1) is 18.3. The highest BCUT2D eigenvalue weighted by atomic mass is 35.5. The maximum absolute atomic E-state index is 12.8. The predicted octanol–water partition coefficient (Wildman–Crippen LogP) is 2.36. The number of carbonyl (C=O) groups is 1. The molecule has 1 aromatic heterocycles. The average molecular weight is 346 g/mol. The van der Waals surface area contributed by atoms with E-state index in [0.29, 0.717) is 24.5 Å². The van der Waals surface area contributed by atoms with Gasteiger partial charge in [0.1, 0.15) is 28.4 Å². The smallest absolute Gasteiger partial charge is 0.270 e. The number of hydrogen-bond acceptors (Lipinski definition) is 5. The van der Waals surface area contributed by atoms with Crippen molar-refractivity contribution in [1.82, 2.24) is 10.3 Å². The summed E-state index contributed by atoms with van der Waals surface area (Å²) < 4.78 is 18.3. The molecule has 0 saturated carbocycles. The van der Waals surface area contributed by atoms with Gasteiger partial charge in [-0.3, -0.25) is 4.79 Å². The van der Waals surface area contributed by atoms with Gasteiger partial charge in [-0.25, -0.2) is 9.37 Å². The molecule has 5 nitrogen and oxygen atoms in total. The summed E-state index contributed by atoms with van der Waals surface area (Å²) in [4.78, 5) is 16.0. The van der Waals surface area contributed by atoms with Gasteiger partial charge in [0, 0.05) is 11.9 Å². The Morgan fingerprint density at radius 1 is 1.45 bits per heavy atom. The summed E-state index contributed by atoms with van der Waals surface area (Å²) in [6.45, 7) is 2.46. The molecule has 0 fully saturated rings. The Morgan fingerprint density at radius 2 is 2.14 bits per heavy atom. The molecule has 1 atom stereocenters. The van der Waals surface area contributed by atoms with Crippen LogP contribution in [-0.2, 0) is 6.54 Å². The summed E-state index contributed by atoms with van der Waals surface area (Å²) in [5.41, 5.74) is 5.81. The first-order valence-electron chi connectivity index (χ1n) is 6.43. The number of rotatable bonds is 6. The number of halogens is 2. The van der Waals surface area contributed by atoms with Crippen molar-refractivity contribution in [3.63, 3.8) is 0 Å². The van der Waals surface area contributed by atoms with E-state index < -0.39 is 0 Å². The van der Waals surface area contributed by atoms with Gasteiger partial charge in [0.15, 0.2) is 0 Å². The number of thiazole rings is 1. The van der Waals surface area contributed by atoms with Crippen molar-refractivity contribution < 1.29 is 13.9 Å². The molecule has 3 N–H and O–H groups in total. The number of benzene rings is 1. The van der Waals surface area contributed by atoms with E-state index in [2.05, 4.69) is 10.3 Å². The Hall–Kier alpha value is -1.70. The molecule has 0 spiro atoms. The fourth-order valence-corrected chi connectivity index (χ4v) is 2.28. The van der Waals surface area contributed by atoms with Crippen LogP contribution in [0.5, 0.6) is 5.75 Å². The molecule has 0 aliphatic heterocycles. The lowest BCUT2D eigenvalue weighted by Gasteiger charge is -2.15. The second-order valence-electron chi connectivity index (χ2n) is 4.42. The molecule has 22 heavy (non-hydrogen) atoms. The molecule has 0 aliphatic carbocycles. The van der Waals surface area contributed by atoms with Crippen LogP contribution in [0.15, 0.2) is 29.6 Å². The minimum Gasteiger partial charge on any atom is -0.489 e. The normalized spacial score (nSPS) is 11.4. The number of ether oxygens (including phenoxy) is 1. The number of hydrogen-bond donors (Lipinski definition) is 2. The summed E-state index contributed by atoms with van der Waals surface area (Å²) in [6.07, 6.45) is -0.243. The molecule has 0 aliphatic rings. The maximum atomic E-state index is 12.8. The molecule has 0 radical (unpaired) electrons. The van der Waals surface area contributed by atoms with Crippen LogP contribution in [0, 0.1) is 5.82 Å². The lowest BCUT2D eigenvalue weighted by Crippen LogP contribution is -2.33. The quantitative estimate of drug-likeness (QED) is 0.842. The van der Waals surface area contributed by atoms with E-state index >= 15 is 0 Å². The van der Waals surface area contributed by atoms with Crippen molar-refractivity contribution in [2.24, 2.45) is 5.73 Å². The highest BCUT2D eigenvalue weighted by molar-refractivity contribution is 7.09. The van der Waals surface area contributed by atoms with Gasteiger partial charge in [-0.05, 0) is 31.2 Å². The molecule has 1 unspecified atom stereocenters. The van der Waals surface area contributed by atoms with Gasteiger partial charge in [-0.1, -0.05) is 0 Å². The van der Waals surface area contributed by atoms with Crippen LogP contribution in [0.1, 0.15) is 22.4 Å². The second-order valence-corrected chi connectivity index (χ2v) is 5.37. The van der Waals surface area contributed by atoms with Crippen LogP contribution in [0.2, 0.25) is 0 Å². The Bertz CT molecular complexity index is 606. The van der Waals surface area contributed by atoms with Gasteiger partial charge < -0.3 is 15.8 Å². The van der Waals surface area contributed by atoms with Gasteiger partial charge in [0.05, 0.1) is 6.54 Å². The number of nitrogens with two attached hydrogens (primary N) is 1. The molecule has 1 amide bonds. The fourth-order valence-electron chi connectivity index (χ4n) is 1.62. The van der Waals surface area contributed by atoms with Crippen LogP contribution in [0.25, 0.3) is 0 Å². The molecular weight excluding hydrogens is 329 g/mol. The van der Waals surface area contributed by atoms with Crippen LogP contribution in [-0.4, -0.2) is 23.5 Å². The summed E-state index contributed by atoms with van der Waals surface area (Å²) in [5, 5.41) is 5.12. The topological polar surface area (TPSA) is 77.2 Å². The van der Waals surface area contributed by atoms with Crippen molar-refractivity contribution in [2.75, 3.05) is 6.54 Å². The minimum atomic E-state index is -0.317. The summed E-state index contributed by atoms with van der Waals surface area (Å²) >= 11 is 1.35. The third-order valence-electron chi connectivity index (χ3n) is 2.66. The standard InChI is InChI=1S/C14H16FN3O2S.ClH/c1-9(20-11-4-2-10(15)3-5-11)7-17-14(19)12-8-21-13(6-16)18-12;/h2-5,8-9H,6-7,16H2,1H3,(H,17,19);1H. The minimum absolute atomic E-state index is 0. The highest BCUT2D eigenvalue weighted by Gasteiger charge is 2.12. The Morgan fingerprint density at radius 3 is 2.73 bits per heavy atom. The van der Waals surface area contributed by atoms with Crippen molar-refractivity contribution in [3.8, 4) is 5.75 Å². The molecule has 2 aromatic rings. The number of amides is 1. The van der Waals surface area contributed by atoms with E-state index in [0.717, 1.165) is 5.01 Å². The van der Waals surface area contributed by atoms with Crippen LogP contribution < -0.4 is 15.8 Å². The molecular formula is C14H17ClFN3O2S. The Labute approximate surface area is 138 Å². The first-order chi connectivity index (χ1) is 10.1. The zero-order valence-electron chi connectivity index (χ0n) is 11.9. The predicted molar refractivity (Wildman–Crippen MR) is 86.1 cm³/mol. The Balaban J connectivity index is 0.00000242. The lowest BCUT2D eigenvalue weighted by atomic mass is 10.3. The molecule has 1 aromatic carbocycles. The second kappa shape index (κ2) is 8.67. The molecule has 0 saturated heterocycles. The van der Waals surface area contributed by atoms with E-state index in [1.165, 1.54) is 23.5 Å². The van der Waals surface area contributed by atoms with E-state index in [1.54, 1.807) is 17.5 Å². The largest absolute Gasteiger partial charge is 0.489 e. The molecule has 120 valence electrons. The van der Waals surface area contributed by atoms with Crippen molar-refractivity contribution >= 4 is 29.7 Å². The third kappa shape index (κ3) is 5.25. The van der Waals surface area contributed by atoms with Crippen molar-refractivity contribution in [3.05, 3.63) is 46.2 Å². The molecule has 1 heterocycles. The van der Waals surface area contributed by atoms with Crippen LogP contribution in [0.4, 0.5) is 4.39 Å². The molecule has 8 heteroatoms. The SMILES string of the molecule is CC(CNC(=O)c1csc(CN)n1)Oc1ccc(F)cc1.Cl. The first-order valence-corrected chi connectivity index (χ1v) is 7.31. The third-order valence-corrected chi connectivity index (χ3v) is 3.53. The van der Waals surface area contributed by atoms with E-state index in [9.17, 15) is 9.18 Å². The number of nitrogens with zero attached hydrogens (tertiary/aromatic N) is 1. The summed E-state index contributed by atoms with van der Waals surface area (Å²) in [5.74, 6) is -0.0275. The van der Waals surface area contributed by atoms with Gasteiger partial charge in [-0.2, -0.15) is 0 Å². The Kier molecular flexibility index (Phi) is 7.23. The fraction of sp³-hybridized carbons (Fsp3) is 0.286. The molecule has 2 rings (SSSR count). The molecule has 0 bridgehead atoms. The van der Waals surface area contributed by atoms with Crippen LogP contribution >= 0.6 is 23.7 Å². The zero-order chi connectivity index (χ0) is 15.2. The van der Waals surface area contributed by atoms with Gasteiger partial charge in [0.25, 0.3) is 5.91 Å². The number of aromatic nitrogens is 1. The zero-order valence-corrected chi connectivity index (χ0v) is 13.5. The number of carbonyl (C=O) groups excluding carboxylic acids is 1. The van der Waals surface area contributed by atoms with Gasteiger partial charge in [0.2, 0.25) is 0 Å². The van der Waals surface area contributed by atoms with Crippen molar-refractivity contribution in [1.29, 1.82) is 0 Å². The average Bonchev–Trinajstić information content (AvgIpc) is 2.96.